The molecular formula is C21H20N4O3S. The van der Waals surface area contributed by atoms with Crippen molar-refractivity contribution < 1.29 is 9.72 Å². The highest BCUT2D eigenvalue weighted by Crippen LogP contribution is 2.29. The van der Waals surface area contributed by atoms with Gasteiger partial charge in [0.15, 0.2) is 0 Å². The lowest BCUT2D eigenvalue weighted by Gasteiger charge is -2.12. The summed E-state index contributed by atoms with van der Waals surface area (Å²) < 4.78 is 0. The maximum absolute atomic E-state index is 12.5. The maximum atomic E-state index is 12.5. The zero-order chi connectivity index (χ0) is 21.0. The third kappa shape index (κ3) is 4.67. The third-order valence-corrected chi connectivity index (χ3v) is 5.20. The second kappa shape index (κ2) is 8.66. The minimum absolute atomic E-state index is 0.0230. The van der Waals surface area contributed by atoms with Crippen LogP contribution in [0.2, 0.25) is 0 Å². The predicted octanol–water partition coefficient (Wildman–Crippen LogP) is 4.46. The van der Waals surface area contributed by atoms with Crippen LogP contribution >= 0.6 is 11.3 Å². The van der Waals surface area contributed by atoms with E-state index in [-0.39, 0.29) is 11.6 Å². The maximum Gasteiger partial charge on any atom is 0.293 e. The lowest BCUT2D eigenvalue weighted by Crippen LogP contribution is -2.17. The molecule has 3 aromatic rings. The first-order valence-electron chi connectivity index (χ1n) is 8.80. The van der Waals surface area contributed by atoms with Crippen molar-refractivity contribution in [3.63, 3.8) is 0 Å². The number of aryl methyl sites for hydroxylation is 1. The van der Waals surface area contributed by atoms with Crippen LogP contribution in [0.25, 0.3) is 11.1 Å². The van der Waals surface area contributed by atoms with Gasteiger partial charge in [-0.15, -0.1) is 11.3 Å². The molecule has 0 aliphatic carbocycles. The van der Waals surface area contributed by atoms with Crippen LogP contribution in [0.4, 0.5) is 11.4 Å². The van der Waals surface area contributed by atoms with Crippen LogP contribution in [0.5, 0.6) is 0 Å². The lowest BCUT2D eigenvalue weighted by atomic mass is 10.1. The number of rotatable bonds is 6. The van der Waals surface area contributed by atoms with Crippen molar-refractivity contribution in [1.29, 1.82) is 0 Å². The number of hydrazone groups is 1. The van der Waals surface area contributed by atoms with Crippen LogP contribution < -0.4 is 10.3 Å². The molecule has 0 unspecified atom stereocenters. The third-order valence-electron chi connectivity index (χ3n) is 4.29. The SMILES string of the molecule is Cc1ccc(-c2ccsc2C(=O)N/N=C\c2ccc(N(C)C)c([N+](=O)[O-])c2)cc1. The predicted molar refractivity (Wildman–Crippen MR) is 117 cm³/mol. The normalized spacial score (nSPS) is 10.9. The second-order valence-corrected chi connectivity index (χ2v) is 7.54. The average Bonchev–Trinajstić information content (AvgIpc) is 3.18. The molecule has 0 aliphatic heterocycles. The second-order valence-electron chi connectivity index (χ2n) is 6.63. The lowest BCUT2D eigenvalue weighted by molar-refractivity contribution is -0.384. The topological polar surface area (TPSA) is 87.8 Å². The number of nitro benzene ring substituents is 1. The molecule has 0 spiro atoms. The number of hydrogen-bond donors (Lipinski definition) is 1. The average molecular weight is 408 g/mol. The first-order chi connectivity index (χ1) is 13.9. The summed E-state index contributed by atoms with van der Waals surface area (Å²) in [7, 11) is 3.48. The molecule has 3 rings (SSSR count). The summed E-state index contributed by atoms with van der Waals surface area (Å²) in [6.07, 6.45) is 1.39. The smallest absolute Gasteiger partial charge is 0.293 e. The van der Waals surface area contributed by atoms with Crippen LogP contribution in [0.3, 0.4) is 0 Å². The number of hydrogen-bond acceptors (Lipinski definition) is 6. The highest BCUT2D eigenvalue weighted by molar-refractivity contribution is 7.12. The molecule has 7 nitrogen and oxygen atoms in total. The standard InChI is InChI=1S/C21H20N4O3S/c1-14-4-7-16(8-5-14)17-10-11-29-20(17)21(26)23-22-13-15-6-9-18(24(2)3)19(12-15)25(27)28/h4-13H,1-3H3,(H,23,26)/b22-13-. The molecule has 8 heteroatoms. The molecule has 29 heavy (non-hydrogen) atoms. The van der Waals surface area contributed by atoms with Crippen molar-refractivity contribution >= 4 is 34.8 Å². The van der Waals surface area contributed by atoms with Gasteiger partial charge >= 0.3 is 0 Å². The van der Waals surface area contributed by atoms with E-state index in [1.165, 1.54) is 23.6 Å². The Balaban J connectivity index is 1.76. The summed E-state index contributed by atoms with van der Waals surface area (Å²) in [4.78, 5) is 25.6. The Labute approximate surface area is 172 Å². The molecule has 1 N–H and O–H groups in total. The molecule has 1 amide bonds. The van der Waals surface area contributed by atoms with Gasteiger partial charge in [0.2, 0.25) is 0 Å². The number of benzene rings is 2. The number of anilines is 1. The van der Waals surface area contributed by atoms with E-state index in [2.05, 4.69) is 10.5 Å². The van der Waals surface area contributed by atoms with Crippen molar-refractivity contribution in [2.24, 2.45) is 5.10 Å². The number of carbonyl (C=O) groups is 1. The number of carbonyl (C=O) groups excluding carboxylic acids is 1. The summed E-state index contributed by atoms with van der Waals surface area (Å²) in [5.74, 6) is -0.328. The van der Waals surface area contributed by atoms with Gasteiger partial charge in [0.05, 0.1) is 11.1 Å². The van der Waals surface area contributed by atoms with Crippen molar-refractivity contribution in [2.75, 3.05) is 19.0 Å². The van der Waals surface area contributed by atoms with E-state index in [4.69, 9.17) is 0 Å². The van der Waals surface area contributed by atoms with Gasteiger partial charge in [0.1, 0.15) is 10.6 Å². The van der Waals surface area contributed by atoms with Crippen LogP contribution in [0.1, 0.15) is 20.8 Å². The molecule has 0 atom stereocenters. The number of nitrogens with one attached hydrogen (secondary N) is 1. The van der Waals surface area contributed by atoms with E-state index < -0.39 is 4.92 Å². The highest BCUT2D eigenvalue weighted by Gasteiger charge is 2.16. The molecule has 148 valence electrons. The Hall–Kier alpha value is -3.52. The molecule has 1 aromatic heterocycles. The number of nitro groups is 1. The van der Waals surface area contributed by atoms with Crippen LogP contribution in [0.15, 0.2) is 59.0 Å². The molecule has 0 bridgehead atoms. The van der Waals surface area contributed by atoms with Gasteiger partial charge in [-0.2, -0.15) is 5.10 Å². The van der Waals surface area contributed by atoms with Gasteiger partial charge in [-0.3, -0.25) is 14.9 Å². The Morgan fingerprint density at radius 2 is 1.90 bits per heavy atom. The van der Waals surface area contributed by atoms with Gasteiger partial charge in [0.25, 0.3) is 11.6 Å². The summed E-state index contributed by atoms with van der Waals surface area (Å²) in [5.41, 5.74) is 6.45. The molecule has 0 saturated heterocycles. The zero-order valence-corrected chi connectivity index (χ0v) is 17.1. The molecular weight excluding hydrogens is 388 g/mol. The zero-order valence-electron chi connectivity index (χ0n) is 16.2. The number of nitrogens with zero attached hydrogens (tertiary/aromatic N) is 3. The quantitative estimate of drug-likeness (QED) is 0.370. The molecule has 0 saturated carbocycles. The minimum Gasteiger partial charge on any atom is -0.372 e. The van der Waals surface area contributed by atoms with Gasteiger partial charge in [0, 0.05) is 31.3 Å². The fourth-order valence-corrected chi connectivity index (χ4v) is 3.61. The Kier molecular flexibility index (Phi) is 6.04. The minimum atomic E-state index is -0.440. The van der Waals surface area contributed by atoms with E-state index in [9.17, 15) is 14.9 Å². The molecule has 0 aliphatic rings. The van der Waals surface area contributed by atoms with E-state index in [0.717, 1.165) is 16.7 Å². The van der Waals surface area contributed by atoms with Crippen LogP contribution in [0, 0.1) is 17.0 Å². The van der Waals surface area contributed by atoms with Gasteiger partial charge < -0.3 is 4.90 Å². The van der Waals surface area contributed by atoms with Crippen molar-refractivity contribution in [1.82, 2.24) is 5.43 Å². The van der Waals surface area contributed by atoms with Crippen molar-refractivity contribution in [3.05, 3.63) is 80.0 Å². The Morgan fingerprint density at radius 3 is 2.55 bits per heavy atom. The summed E-state index contributed by atoms with van der Waals surface area (Å²) in [5, 5.41) is 17.1. The van der Waals surface area contributed by atoms with Crippen molar-refractivity contribution in [2.45, 2.75) is 6.92 Å². The first kappa shape index (κ1) is 20.2. The van der Waals surface area contributed by atoms with E-state index >= 15 is 0 Å². The number of thiophene rings is 1. The molecule has 1 heterocycles. The summed E-state index contributed by atoms with van der Waals surface area (Å²) in [6, 6.07) is 14.6. The van der Waals surface area contributed by atoms with Crippen LogP contribution in [-0.4, -0.2) is 31.1 Å². The molecule has 2 aromatic carbocycles. The van der Waals surface area contributed by atoms with E-state index in [1.807, 2.05) is 42.6 Å². The Bertz CT molecular complexity index is 1070. The fourth-order valence-electron chi connectivity index (χ4n) is 2.81. The summed E-state index contributed by atoms with van der Waals surface area (Å²) >= 11 is 1.33. The van der Waals surface area contributed by atoms with Gasteiger partial charge in [-0.25, -0.2) is 5.43 Å². The van der Waals surface area contributed by atoms with E-state index in [1.54, 1.807) is 31.1 Å². The largest absolute Gasteiger partial charge is 0.372 e. The van der Waals surface area contributed by atoms with Gasteiger partial charge in [-0.05, 0) is 30.0 Å². The highest BCUT2D eigenvalue weighted by atomic mass is 32.1. The fraction of sp³-hybridized carbons (Fsp3) is 0.143. The monoisotopic (exact) mass is 408 g/mol. The molecule has 0 fully saturated rings. The molecule has 0 radical (unpaired) electrons. The Morgan fingerprint density at radius 1 is 1.17 bits per heavy atom. The van der Waals surface area contributed by atoms with Gasteiger partial charge in [-0.1, -0.05) is 35.9 Å². The first-order valence-corrected chi connectivity index (χ1v) is 9.68. The van der Waals surface area contributed by atoms with E-state index in [0.29, 0.717) is 16.1 Å². The van der Waals surface area contributed by atoms with Crippen LogP contribution in [-0.2, 0) is 0 Å². The van der Waals surface area contributed by atoms with Crippen molar-refractivity contribution in [3.8, 4) is 11.1 Å². The number of amides is 1. The summed E-state index contributed by atoms with van der Waals surface area (Å²) in [6.45, 7) is 2.01.